The summed E-state index contributed by atoms with van der Waals surface area (Å²) < 4.78 is 5.48. The second-order valence-corrected chi connectivity index (χ2v) is 5.60. The molecule has 0 unspecified atom stereocenters. The van der Waals surface area contributed by atoms with E-state index in [0.29, 0.717) is 34.9 Å². The highest BCUT2D eigenvalue weighted by atomic mass is 35.5. The lowest BCUT2D eigenvalue weighted by Gasteiger charge is -2.43. The van der Waals surface area contributed by atoms with E-state index in [-0.39, 0.29) is 5.54 Å². The second kappa shape index (κ2) is 5.09. The molecule has 100 valence electrons. The third kappa shape index (κ3) is 2.49. The molecule has 1 fully saturated rings. The van der Waals surface area contributed by atoms with Crippen LogP contribution in [0, 0.1) is 0 Å². The molecule has 7 heteroatoms. The van der Waals surface area contributed by atoms with E-state index in [1.54, 1.807) is 6.07 Å². The zero-order valence-corrected chi connectivity index (χ0v) is 11.8. The molecule has 0 aliphatic carbocycles. The minimum atomic E-state index is -0.172. The SMILES string of the molecule is CC1(C)COCCN1c1nc(NN)c(Cl)cc1Cl. The van der Waals surface area contributed by atoms with Crippen molar-refractivity contribution in [3.63, 3.8) is 0 Å². The van der Waals surface area contributed by atoms with Gasteiger partial charge in [-0.15, -0.1) is 0 Å². The Morgan fingerprint density at radius 2 is 2.17 bits per heavy atom. The fourth-order valence-corrected chi connectivity index (χ4v) is 2.51. The molecule has 2 rings (SSSR count). The maximum atomic E-state index is 6.22. The average Bonchev–Trinajstić information content (AvgIpc) is 2.30. The number of hydrazine groups is 1. The zero-order valence-electron chi connectivity index (χ0n) is 10.3. The Kier molecular flexibility index (Phi) is 3.87. The number of hydrogen-bond donors (Lipinski definition) is 2. The number of nitrogens with two attached hydrogens (primary N) is 1. The van der Waals surface area contributed by atoms with Crippen molar-refractivity contribution in [1.82, 2.24) is 4.98 Å². The molecule has 0 spiro atoms. The van der Waals surface area contributed by atoms with Crippen LogP contribution in [0.4, 0.5) is 11.6 Å². The van der Waals surface area contributed by atoms with E-state index in [9.17, 15) is 0 Å². The van der Waals surface area contributed by atoms with Crippen molar-refractivity contribution in [2.75, 3.05) is 30.1 Å². The van der Waals surface area contributed by atoms with Gasteiger partial charge in [0.15, 0.2) is 11.6 Å². The molecule has 0 bridgehead atoms. The van der Waals surface area contributed by atoms with Crippen LogP contribution in [0.5, 0.6) is 0 Å². The number of nitrogen functional groups attached to an aromatic ring is 1. The maximum absolute atomic E-state index is 6.22. The predicted octanol–water partition coefficient (Wildman–Crippen LogP) is 2.29. The van der Waals surface area contributed by atoms with E-state index in [0.717, 1.165) is 6.54 Å². The Labute approximate surface area is 116 Å². The van der Waals surface area contributed by atoms with Gasteiger partial charge in [0.05, 0.1) is 28.8 Å². The van der Waals surface area contributed by atoms with Crippen LogP contribution >= 0.6 is 23.2 Å². The summed E-state index contributed by atoms with van der Waals surface area (Å²) in [4.78, 5) is 6.49. The summed E-state index contributed by atoms with van der Waals surface area (Å²) in [6.07, 6.45) is 0. The van der Waals surface area contributed by atoms with Crippen LogP contribution in [0.15, 0.2) is 6.07 Å². The minimum Gasteiger partial charge on any atom is -0.377 e. The smallest absolute Gasteiger partial charge is 0.161 e. The number of hydrogen-bond acceptors (Lipinski definition) is 5. The Morgan fingerprint density at radius 3 is 2.78 bits per heavy atom. The van der Waals surface area contributed by atoms with Gasteiger partial charge in [-0.1, -0.05) is 23.2 Å². The minimum absolute atomic E-state index is 0.172. The highest BCUT2D eigenvalue weighted by Crippen LogP contribution is 2.35. The van der Waals surface area contributed by atoms with Crippen LogP contribution in [0.3, 0.4) is 0 Å². The normalized spacial score (nSPS) is 18.8. The van der Waals surface area contributed by atoms with E-state index in [1.807, 2.05) is 0 Å². The van der Waals surface area contributed by atoms with Crippen molar-refractivity contribution in [2.24, 2.45) is 5.84 Å². The number of morpholine rings is 1. The number of nitrogens with one attached hydrogen (secondary N) is 1. The number of rotatable bonds is 2. The van der Waals surface area contributed by atoms with E-state index < -0.39 is 0 Å². The number of aromatic nitrogens is 1. The summed E-state index contributed by atoms with van der Waals surface area (Å²) in [7, 11) is 0. The second-order valence-electron chi connectivity index (χ2n) is 4.79. The Bertz CT molecular complexity index is 453. The number of ether oxygens (including phenoxy) is 1. The third-order valence-electron chi connectivity index (χ3n) is 2.95. The van der Waals surface area contributed by atoms with Gasteiger partial charge in [-0.05, 0) is 19.9 Å². The number of anilines is 2. The van der Waals surface area contributed by atoms with Crippen molar-refractivity contribution in [3.8, 4) is 0 Å². The van der Waals surface area contributed by atoms with Gasteiger partial charge >= 0.3 is 0 Å². The van der Waals surface area contributed by atoms with Crippen LogP contribution in [-0.2, 0) is 4.74 Å². The van der Waals surface area contributed by atoms with E-state index in [4.69, 9.17) is 33.8 Å². The van der Waals surface area contributed by atoms with Crippen LogP contribution in [0.1, 0.15) is 13.8 Å². The van der Waals surface area contributed by atoms with E-state index in [2.05, 4.69) is 29.2 Å². The Morgan fingerprint density at radius 1 is 1.44 bits per heavy atom. The Balaban J connectivity index is 2.43. The van der Waals surface area contributed by atoms with Crippen molar-refractivity contribution in [1.29, 1.82) is 0 Å². The van der Waals surface area contributed by atoms with Gasteiger partial charge in [0, 0.05) is 6.54 Å². The predicted molar refractivity (Wildman–Crippen MR) is 74.3 cm³/mol. The molecule has 0 amide bonds. The highest BCUT2D eigenvalue weighted by molar-refractivity contribution is 6.37. The fraction of sp³-hybridized carbons (Fsp3) is 0.545. The summed E-state index contributed by atoms with van der Waals surface area (Å²) in [5.74, 6) is 6.47. The van der Waals surface area contributed by atoms with E-state index in [1.165, 1.54) is 0 Å². The topological polar surface area (TPSA) is 63.4 Å². The zero-order chi connectivity index (χ0) is 13.3. The first-order valence-corrected chi connectivity index (χ1v) is 6.39. The standard InChI is InChI=1S/C11H16Cl2N4O/c1-11(2)6-18-4-3-17(11)10-8(13)5-7(12)9(15-10)16-14/h5H,3-4,6,14H2,1-2H3,(H,15,16). The first-order chi connectivity index (χ1) is 8.45. The van der Waals surface area contributed by atoms with Crippen LogP contribution < -0.4 is 16.2 Å². The highest BCUT2D eigenvalue weighted by Gasteiger charge is 2.33. The largest absolute Gasteiger partial charge is 0.377 e. The third-order valence-corrected chi connectivity index (χ3v) is 3.51. The molecule has 0 aromatic carbocycles. The van der Waals surface area contributed by atoms with E-state index >= 15 is 0 Å². The van der Waals surface area contributed by atoms with Gasteiger partial charge in [-0.2, -0.15) is 0 Å². The summed E-state index contributed by atoms with van der Waals surface area (Å²) in [5, 5.41) is 0.909. The molecule has 0 radical (unpaired) electrons. The van der Waals surface area contributed by atoms with Crippen molar-refractivity contribution in [3.05, 3.63) is 16.1 Å². The monoisotopic (exact) mass is 290 g/mol. The molecule has 1 aromatic heterocycles. The van der Waals surface area contributed by atoms with Gasteiger partial charge in [0.1, 0.15) is 0 Å². The molecule has 18 heavy (non-hydrogen) atoms. The summed E-state index contributed by atoms with van der Waals surface area (Å²) in [6, 6.07) is 1.65. The van der Waals surface area contributed by atoms with Gasteiger partial charge in [-0.25, -0.2) is 10.8 Å². The molecule has 5 nitrogen and oxygen atoms in total. The van der Waals surface area contributed by atoms with Crippen LogP contribution in [-0.4, -0.2) is 30.3 Å². The molecule has 1 aromatic rings. The summed E-state index contributed by atoms with van der Waals surface area (Å²) in [6.45, 7) is 6.16. The van der Waals surface area contributed by atoms with Gasteiger partial charge in [-0.3, -0.25) is 0 Å². The van der Waals surface area contributed by atoms with Crippen molar-refractivity contribution >= 4 is 34.8 Å². The molecular weight excluding hydrogens is 275 g/mol. The van der Waals surface area contributed by atoms with Crippen molar-refractivity contribution < 1.29 is 4.74 Å². The van der Waals surface area contributed by atoms with Crippen molar-refractivity contribution in [2.45, 2.75) is 19.4 Å². The molecule has 0 saturated carbocycles. The molecule has 1 aliphatic heterocycles. The van der Waals surface area contributed by atoms with Crippen LogP contribution in [0.2, 0.25) is 10.0 Å². The first kappa shape index (κ1) is 13.7. The molecule has 1 aliphatic rings. The lowest BCUT2D eigenvalue weighted by Crippen LogP contribution is -2.53. The summed E-state index contributed by atoms with van der Waals surface area (Å²) >= 11 is 12.2. The quantitative estimate of drug-likeness (QED) is 0.646. The molecule has 0 atom stereocenters. The lowest BCUT2D eigenvalue weighted by atomic mass is 10.0. The van der Waals surface area contributed by atoms with Crippen LogP contribution in [0.25, 0.3) is 0 Å². The maximum Gasteiger partial charge on any atom is 0.161 e. The molecular formula is C11H16Cl2N4O. The number of halogens is 2. The van der Waals surface area contributed by atoms with Gasteiger partial charge in [0.25, 0.3) is 0 Å². The molecule has 1 saturated heterocycles. The Hall–Kier alpha value is -0.750. The average molecular weight is 291 g/mol. The summed E-state index contributed by atoms with van der Waals surface area (Å²) in [5.41, 5.74) is 2.30. The van der Waals surface area contributed by atoms with Gasteiger partial charge in [0.2, 0.25) is 0 Å². The number of pyridine rings is 1. The molecule has 2 heterocycles. The van der Waals surface area contributed by atoms with Gasteiger partial charge < -0.3 is 15.1 Å². The fourth-order valence-electron chi connectivity index (χ4n) is 2.00. The number of nitrogens with zero attached hydrogens (tertiary/aromatic N) is 2. The lowest BCUT2D eigenvalue weighted by molar-refractivity contribution is 0.0639. The first-order valence-electron chi connectivity index (χ1n) is 5.64. The molecule has 3 N–H and O–H groups in total.